The molecule has 0 amide bonds. The predicted molar refractivity (Wildman–Crippen MR) is 171 cm³/mol. The van der Waals surface area contributed by atoms with Gasteiger partial charge in [-0.2, -0.15) is 0 Å². The molecule has 1 aromatic heterocycles. The summed E-state index contributed by atoms with van der Waals surface area (Å²) in [4.78, 5) is 18.1. The highest BCUT2D eigenvalue weighted by Gasteiger charge is 2.43. The van der Waals surface area contributed by atoms with Crippen LogP contribution in [0.2, 0.25) is 0 Å². The van der Waals surface area contributed by atoms with E-state index in [-0.39, 0.29) is 31.8 Å². The van der Waals surface area contributed by atoms with Crippen LogP contribution in [0.25, 0.3) is 11.3 Å². The van der Waals surface area contributed by atoms with Gasteiger partial charge in [0.05, 0.1) is 40.7 Å². The largest absolute Gasteiger partial charge is 0.493 e. The number of fused-ring (bicyclic) bond motifs is 1. The highest BCUT2D eigenvalue weighted by Crippen LogP contribution is 2.45. The third-order valence-corrected chi connectivity index (χ3v) is 9.46. The molecule has 4 rings (SSSR count). The quantitative estimate of drug-likeness (QED) is 0.219. The van der Waals surface area contributed by atoms with Gasteiger partial charge in [-0.15, -0.1) is 0 Å². The van der Waals surface area contributed by atoms with Crippen molar-refractivity contribution < 1.29 is 37.8 Å². The van der Waals surface area contributed by atoms with Crippen LogP contribution in [0.4, 0.5) is 4.39 Å². The lowest BCUT2D eigenvalue weighted by molar-refractivity contribution is 0.0386. The fraction of sp³-hybridized carbons (Fsp3) is 0.471. The lowest BCUT2D eigenvalue weighted by Gasteiger charge is -2.30. The number of nitrogens with one attached hydrogen (secondary N) is 1. The number of pyridine rings is 1. The maximum absolute atomic E-state index is 13.8. The Hall–Kier alpha value is -3.38. The molecule has 9 nitrogen and oxygen atoms in total. The molecule has 0 saturated heterocycles. The van der Waals surface area contributed by atoms with Gasteiger partial charge in [0.1, 0.15) is 29.3 Å². The number of methoxy groups -OCH3 is 1. The molecule has 2 aromatic carbocycles. The second-order valence-corrected chi connectivity index (χ2v) is 15.4. The molecule has 0 radical (unpaired) electrons. The van der Waals surface area contributed by atoms with E-state index in [9.17, 15) is 23.6 Å². The van der Waals surface area contributed by atoms with Gasteiger partial charge in [0, 0.05) is 23.1 Å². The summed E-state index contributed by atoms with van der Waals surface area (Å²) in [5.41, 5.74) is -0.954. The minimum Gasteiger partial charge on any atom is -0.493 e. The van der Waals surface area contributed by atoms with E-state index in [1.807, 2.05) is 27.7 Å². The van der Waals surface area contributed by atoms with Gasteiger partial charge in [0.15, 0.2) is 23.0 Å². The number of Topliss-reactive ketones (excluding diaryl/α,β-unsaturated/α-hetero) is 1. The average molecular weight is 643 g/mol. The summed E-state index contributed by atoms with van der Waals surface area (Å²) in [5, 5.41) is 21.3. The second kappa shape index (κ2) is 12.8. The van der Waals surface area contributed by atoms with Crippen LogP contribution in [0.3, 0.4) is 0 Å². The van der Waals surface area contributed by atoms with Gasteiger partial charge in [0.2, 0.25) is 0 Å². The van der Waals surface area contributed by atoms with Gasteiger partial charge in [0.25, 0.3) is 0 Å². The zero-order valence-electron chi connectivity index (χ0n) is 27.1. The number of rotatable bonds is 12. The van der Waals surface area contributed by atoms with E-state index in [1.54, 1.807) is 57.2 Å². The lowest BCUT2D eigenvalue weighted by atomic mass is 9.88. The normalized spacial score (nSPS) is 18.5. The molecule has 1 aliphatic heterocycles. The van der Waals surface area contributed by atoms with E-state index >= 15 is 0 Å². The molecule has 0 aliphatic carbocycles. The topological polar surface area (TPSA) is 127 Å². The van der Waals surface area contributed by atoms with E-state index < -0.39 is 38.3 Å². The van der Waals surface area contributed by atoms with Crippen LogP contribution in [0.1, 0.15) is 82.9 Å². The Kier molecular flexibility index (Phi) is 9.80. The van der Waals surface area contributed by atoms with Gasteiger partial charge in [-0.25, -0.2) is 18.3 Å². The van der Waals surface area contributed by atoms with Crippen LogP contribution in [-0.4, -0.2) is 55.9 Å². The number of benzene rings is 2. The van der Waals surface area contributed by atoms with Crippen LogP contribution in [-0.2, 0) is 22.1 Å². The molecule has 0 saturated carbocycles. The molecule has 3 unspecified atom stereocenters. The molecule has 2 heterocycles. The first kappa shape index (κ1) is 34.5. The molecular weight excluding hydrogens is 599 g/mol. The minimum atomic E-state index is -1.55. The molecule has 1 aliphatic rings. The first-order valence-electron chi connectivity index (χ1n) is 14.8. The van der Waals surface area contributed by atoms with Crippen LogP contribution in [0.5, 0.6) is 17.2 Å². The number of ketones is 1. The van der Waals surface area contributed by atoms with Crippen LogP contribution >= 0.6 is 0 Å². The average Bonchev–Trinajstić information content (AvgIpc) is 3.31. The number of aliphatic hydroxyl groups excluding tert-OH is 1. The van der Waals surface area contributed by atoms with Crippen molar-refractivity contribution in [3.8, 4) is 28.5 Å². The molecule has 0 spiro atoms. The molecular formula is C34H43FN2O7S. The summed E-state index contributed by atoms with van der Waals surface area (Å²) in [6.07, 6.45) is 0.0285. The summed E-state index contributed by atoms with van der Waals surface area (Å²) in [6.45, 7) is 12.5. The van der Waals surface area contributed by atoms with Crippen molar-refractivity contribution in [2.24, 2.45) is 0 Å². The highest BCUT2D eigenvalue weighted by atomic mass is 32.2. The summed E-state index contributed by atoms with van der Waals surface area (Å²) in [6, 6.07) is 12.4. The molecule has 0 bridgehead atoms. The summed E-state index contributed by atoms with van der Waals surface area (Å²) in [5.74, 6) is 0.562. The van der Waals surface area contributed by atoms with E-state index in [1.165, 1.54) is 19.2 Å². The summed E-state index contributed by atoms with van der Waals surface area (Å²) >= 11 is 0. The number of hydrogen-bond donors (Lipinski definition) is 3. The van der Waals surface area contributed by atoms with E-state index in [2.05, 4.69) is 4.72 Å². The summed E-state index contributed by atoms with van der Waals surface area (Å²) < 4.78 is 47.0. The Labute approximate surface area is 266 Å². The number of ether oxygens (including phenoxy) is 3. The smallest absolute Gasteiger partial charge is 0.163 e. The standard InChI is InChI=1S/C34H43FN2O7S/c1-31(2,3)45(41)37-33(6)20-43-30-24(33)18-28(36-29(30)21-9-12-23(35)13-10-21)34(7,40)16-15-25(39)22-11-14-26(27(17-22)42-8)44-32(4,5)19-38/h9-14,17-18,37-38,40H,15-16,19-20H2,1-8H3. The number of aliphatic hydroxyl groups is 2. The monoisotopic (exact) mass is 642 g/mol. The van der Waals surface area contributed by atoms with Crippen molar-refractivity contribution in [2.45, 2.75) is 82.8 Å². The van der Waals surface area contributed by atoms with Crippen LogP contribution in [0, 0.1) is 5.82 Å². The Morgan fingerprint density at radius 2 is 1.76 bits per heavy atom. The third-order valence-electron chi connectivity index (χ3n) is 7.71. The maximum atomic E-state index is 13.8. The molecule has 11 heteroatoms. The van der Waals surface area contributed by atoms with Gasteiger partial charge in [-0.3, -0.25) is 4.79 Å². The molecule has 3 atom stereocenters. The number of hydrogen-bond acceptors (Lipinski definition) is 8. The SMILES string of the molecule is COc1cc(C(=O)CCC(C)(O)c2cc3c(c(-c4ccc(F)cc4)n2)OCC3(C)NS(=O)C(C)(C)C)ccc1OC(C)(C)CO. The van der Waals surface area contributed by atoms with Crippen molar-refractivity contribution in [3.63, 3.8) is 0 Å². The van der Waals surface area contributed by atoms with Gasteiger partial charge in [-0.05, 0) is 103 Å². The highest BCUT2D eigenvalue weighted by molar-refractivity contribution is 7.84. The minimum absolute atomic E-state index is 0.0107. The van der Waals surface area contributed by atoms with Crippen LogP contribution in [0.15, 0.2) is 48.5 Å². The van der Waals surface area contributed by atoms with Crippen molar-refractivity contribution in [2.75, 3.05) is 20.3 Å². The Bertz CT molecular complexity index is 1580. The molecule has 0 fully saturated rings. The second-order valence-electron chi connectivity index (χ2n) is 13.4. The number of aromatic nitrogens is 1. The van der Waals surface area contributed by atoms with Crippen molar-refractivity contribution in [1.82, 2.24) is 9.71 Å². The van der Waals surface area contributed by atoms with E-state index in [0.717, 1.165) is 0 Å². The zero-order chi connectivity index (χ0) is 33.4. The number of halogens is 1. The first-order valence-corrected chi connectivity index (χ1v) is 15.9. The van der Waals surface area contributed by atoms with Crippen LogP contribution < -0.4 is 18.9 Å². The molecule has 45 heavy (non-hydrogen) atoms. The molecule has 244 valence electrons. The number of carbonyl (C=O) groups excluding carboxylic acids is 1. The maximum Gasteiger partial charge on any atom is 0.163 e. The van der Waals surface area contributed by atoms with Gasteiger partial charge < -0.3 is 24.4 Å². The fourth-order valence-electron chi connectivity index (χ4n) is 4.79. The predicted octanol–water partition coefficient (Wildman–Crippen LogP) is 5.58. The Morgan fingerprint density at radius 1 is 1.09 bits per heavy atom. The van der Waals surface area contributed by atoms with E-state index in [4.69, 9.17) is 19.2 Å². The lowest BCUT2D eigenvalue weighted by Crippen LogP contribution is -2.47. The first-order chi connectivity index (χ1) is 20.9. The van der Waals surface area contributed by atoms with Crippen molar-refractivity contribution in [1.29, 1.82) is 0 Å². The Morgan fingerprint density at radius 3 is 2.36 bits per heavy atom. The van der Waals surface area contributed by atoms with Gasteiger partial charge >= 0.3 is 0 Å². The zero-order valence-corrected chi connectivity index (χ0v) is 27.9. The third kappa shape index (κ3) is 7.71. The van der Waals surface area contributed by atoms with E-state index in [0.29, 0.717) is 45.3 Å². The molecule has 3 aromatic rings. The number of carbonyl (C=O) groups is 1. The fourth-order valence-corrected chi connectivity index (χ4v) is 5.67. The van der Waals surface area contributed by atoms with Gasteiger partial charge in [-0.1, -0.05) is 0 Å². The number of nitrogens with zero attached hydrogens (tertiary/aromatic N) is 1. The Balaban J connectivity index is 1.66. The van der Waals surface area contributed by atoms with Crippen molar-refractivity contribution in [3.05, 3.63) is 71.2 Å². The summed E-state index contributed by atoms with van der Waals surface area (Å²) in [7, 11) is 0.0306. The van der Waals surface area contributed by atoms with Crippen molar-refractivity contribution >= 4 is 16.8 Å². The molecule has 3 N–H and O–H groups in total.